The van der Waals surface area contributed by atoms with E-state index >= 15 is 0 Å². The van der Waals surface area contributed by atoms with Crippen molar-refractivity contribution in [1.29, 1.82) is 0 Å². The van der Waals surface area contributed by atoms with E-state index in [9.17, 15) is 4.79 Å². The molecule has 0 saturated carbocycles. The van der Waals surface area contributed by atoms with Crippen LogP contribution in [0.2, 0.25) is 0 Å². The van der Waals surface area contributed by atoms with Gasteiger partial charge in [0.15, 0.2) is 0 Å². The number of unbranched alkanes of at least 4 members (excludes halogenated alkanes) is 4. The largest absolute Gasteiger partial charge is 0.454 e. The monoisotopic (exact) mass is 236 g/mol. The Morgan fingerprint density at radius 3 is 2.82 bits per heavy atom. The summed E-state index contributed by atoms with van der Waals surface area (Å²) in [7, 11) is 0. The number of carbonyl (C=O) groups is 1. The lowest BCUT2D eigenvalue weighted by Gasteiger charge is -2.10. The SMILES string of the molecule is CCCCCCCC1OC(=O)C=C1C#CCO. The summed E-state index contributed by atoms with van der Waals surface area (Å²) < 4.78 is 5.16. The standard InChI is InChI=1S/C14H20O3/c1-2-3-4-5-6-9-13-12(8-7-10-15)11-14(16)17-13/h11,13,15H,2-6,9-10H2,1H3. The molecule has 1 aliphatic rings. The highest BCUT2D eigenvalue weighted by atomic mass is 16.5. The molecule has 94 valence electrons. The lowest BCUT2D eigenvalue weighted by atomic mass is 10.0. The van der Waals surface area contributed by atoms with E-state index in [1.807, 2.05) is 0 Å². The van der Waals surface area contributed by atoms with E-state index < -0.39 is 0 Å². The normalized spacial score (nSPS) is 18.4. The number of hydrogen-bond acceptors (Lipinski definition) is 3. The molecular formula is C14H20O3. The van der Waals surface area contributed by atoms with E-state index in [1.54, 1.807) is 0 Å². The molecule has 0 spiro atoms. The maximum atomic E-state index is 11.1. The van der Waals surface area contributed by atoms with Crippen LogP contribution in [0.3, 0.4) is 0 Å². The minimum absolute atomic E-state index is 0.186. The maximum absolute atomic E-state index is 11.1. The van der Waals surface area contributed by atoms with Gasteiger partial charge in [0.1, 0.15) is 12.7 Å². The molecule has 1 unspecified atom stereocenters. The van der Waals surface area contributed by atoms with Crippen LogP contribution in [0, 0.1) is 11.8 Å². The van der Waals surface area contributed by atoms with E-state index in [1.165, 1.54) is 31.8 Å². The Morgan fingerprint density at radius 1 is 1.35 bits per heavy atom. The van der Waals surface area contributed by atoms with Gasteiger partial charge in [-0.3, -0.25) is 0 Å². The fraction of sp³-hybridized carbons (Fsp3) is 0.643. The first kappa shape index (κ1) is 13.8. The summed E-state index contributed by atoms with van der Waals surface area (Å²) >= 11 is 0. The fourth-order valence-corrected chi connectivity index (χ4v) is 1.86. The number of aliphatic hydroxyl groups is 1. The molecule has 0 bridgehead atoms. The molecule has 1 rings (SSSR count). The Kier molecular flexibility index (Phi) is 6.42. The first-order valence-corrected chi connectivity index (χ1v) is 6.30. The predicted octanol–water partition coefficient (Wildman–Crippen LogP) is 2.19. The average molecular weight is 236 g/mol. The van der Waals surface area contributed by atoms with Gasteiger partial charge in [0, 0.05) is 11.6 Å². The van der Waals surface area contributed by atoms with Crippen molar-refractivity contribution < 1.29 is 14.6 Å². The van der Waals surface area contributed by atoms with E-state index in [0.717, 1.165) is 12.8 Å². The minimum atomic E-state index is -0.314. The van der Waals surface area contributed by atoms with E-state index in [2.05, 4.69) is 18.8 Å². The molecule has 0 aliphatic carbocycles. The lowest BCUT2D eigenvalue weighted by molar-refractivity contribution is -0.138. The zero-order valence-corrected chi connectivity index (χ0v) is 10.4. The van der Waals surface area contributed by atoms with Crippen LogP contribution in [0.4, 0.5) is 0 Å². The Morgan fingerprint density at radius 2 is 2.12 bits per heavy atom. The molecule has 0 aromatic heterocycles. The molecule has 17 heavy (non-hydrogen) atoms. The van der Waals surface area contributed by atoms with Crippen LogP contribution in [0.5, 0.6) is 0 Å². The van der Waals surface area contributed by atoms with Crippen LogP contribution >= 0.6 is 0 Å². The third-order valence-corrected chi connectivity index (χ3v) is 2.76. The van der Waals surface area contributed by atoms with Gasteiger partial charge in [-0.2, -0.15) is 0 Å². The molecule has 0 saturated heterocycles. The molecule has 1 atom stereocenters. The van der Waals surface area contributed by atoms with Crippen molar-refractivity contribution in [3.8, 4) is 11.8 Å². The van der Waals surface area contributed by atoms with Crippen molar-refractivity contribution in [2.45, 2.75) is 51.6 Å². The molecule has 0 amide bonds. The van der Waals surface area contributed by atoms with E-state index in [-0.39, 0.29) is 18.7 Å². The number of cyclic esters (lactones) is 1. The average Bonchev–Trinajstić information content (AvgIpc) is 2.67. The first-order valence-electron chi connectivity index (χ1n) is 6.30. The molecule has 1 heterocycles. The predicted molar refractivity (Wildman–Crippen MR) is 66.2 cm³/mol. The molecule has 0 fully saturated rings. The van der Waals surface area contributed by atoms with E-state index in [4.69, 9.17) is 9.84 Å². The van der Waals surface area contributed by atoms with Crippen LogP contribution in [0.1, 0.15) is 45.4 Å². The van der Waals surface area contributed by atoms with Crippen molar-refractivity contribution in [3.05, 3.63) is 11.6 Å². The molecule has 3 nitrogen and oxygen atoms in total. The van der Waals surface area contributed by atoms with Crippen LogP contribution in [-0.2, 0) is 9.53 Å². The van der Waals surface area contributed by atoms with Crippen LogP contribution in [0.15, 0.2) is 11.6 Å². The molecule has 1 N–H and O–H groups in total. The summed E-state index contributed by atoms with van der Waals surface area (Å²) in [6, 6.07) is 0. The van der Waals surface area contributed by atoms with Crippen LogP contribution < -0.4 is 0 Å². The van der Waals surface area contributed by atoms with Crippen molar-refractivity contribution in [2.24, 2.45) is 0 Å². The lowest BCUT2D eigenvalue weighted by Crippen LogP contribution is -2.11. The first-order chi connectivity index (χ1) is 8.27. The zero-order valence-electron chi connectivity index (χ0n) is 10.4. The third-order valence-electron chi connectivity index (χ3n) is 2.76. The Bertz CT molecular complexity index is 333. The van der Waals surface area contributed by atoms with Gasteiger partial charge in [-0.15, -0.1) is 0 Å². The highest BCUT2D eigenvalue weighted by Gasteiger charge is 2.24. The van der Waals surface area contributed by atoms with Gasteiger partial charge < -0.3 is 9.84 Å². The highest BCUT2D eigenvalue weighted by molar-refractivity contribution is 5.87. The summed E-state index contributed by atoms with van der Waals surface area (Å²) in [5, 5.41) is 8.63. The summed E-state index contributed by atoms with van der Waals surface area (Å²) in [6.45, 7) is 2.00. The van der Waals surface area contributed by atoms with E-state index in [0.29, 0.717) is 5.57 Å². The third kappa shape index (κ3) is 5.06. The summed E-state index contributed by atoms with van der Waals surface area (Å²) in [5.74, 6) is 5.02. The van der Waals surface area contributed by atoms with Crippen molar-refractivity contribution in [3.63, 3.8) is 0 Å². The van der Waals surface area contributed by atoms with Gasteiger partial charge in [-0.25, -0.2) is 4.79 Å². The number of ether oxygens (including phenoxy) is 1. The fourth-order valence-electron chi connectivity index (χ4n) is 1.86. The highest BCUT2D eigenvalue weighted by Crippen LogP contribution is 2.21. The number of hydrogen-bond donors (Lipinski definition) is 1. The van der Waals surface area contributed by atoms with Crippen molar-refractivity contribution in [2.75, 3.05) is 6.61 Å². The summed E-state index contributed by atoms with van der Waals surface area (Å²) in [6.07, 6.45) is 8.02. The molecule has 0 aromatic carbocycles. The van der Waals surface area contributed by atoms with Gasteiger partial charge in [0.05, 0.1) is 0 Å². The number of rotatable bonds is 6. The number of aliphatic hydroxyl groups excluding tert-OH is 1. The quantitative estimate of drug-likeness (QED) is 0.437. The van der Waals surface area contributed by atoms with Crippen molar-refractivity contribution in [1.82, 2.24) is 0 Å². The Hall–Kier alpha value is -1.27. The smallest absolute Gasteiger partial charge is 0.332 e. The molecular weight excluding hydrogens is 216 g/mol. The summed E-state index contributed by atoms with van der Waals surface area (Å²) in [4.78, 5) is 11.1. The molecule has 0 radical (unpaired) electrons. The van der Waals surface area contributed by atoms with Crippen LogP contribution in [0.25, 0.3) is 0 Å². The zero-order chi connectivity index (χ0) is 12.5. The second-order valence-corrected chi connectivity index (χ2v) is 4.19. The Labute approximate surface area is 103 Å². The van der Waals surface area contributed by atoms with Gasteiger partial charge in [0.25, 0.3) is 0 Å². The van der Waals surface area contributed by atoms with Gasteiger partial charge in [0.2, 0.25) is 0 Å². The Balaban J connectivity index is 2.32. The number of esters is 1. The van der Waals surface area contributed by atoms with Crippen LogP contribution in [-0.4, -0.2) is 23.8 Å². The topological polar surface area (TPSA) is 46.5 Å². The van der Waals surface area contributed by atoms with Gasteiger partial charge in [-0.1, -0.05) is 44.4 Å². The second-order valence-electron chi connectivity index (χ2n) is 4.19. The second kappa shape index (κ2) is 7.92. The molecule has 1 aliphatic heterocycles. The molecule has 0 aromatic rings. The van der Waals surface area contributed by atoms with Crippen molar-refractivity contribution >= 4 is 5.97 Å². The number of carbonyl (C=O) groups excluding carboxylic acids is 1. The van der Waals surface area contributed by atoms with Gasteiger partial charge in [-0.05, 0) is 12.8 Å². The minimum Gasteiger partial charge on any atom is -0.454 e. The molecule has 3 heteroatoms. The summed E-state index contributed by atoms with van der Waals surface area (Å²) in [5.41, 5.74) is 0.708. The van der Waals surface area contributed by atoms with Gasteiger partial charge >= 0.3 is 5.97 Å². The maximum Gasteiger partial charge on any atom is 0.332 e.